The van der Waals surface area contributed by atoms with Crippen LogP contribution in [-0.4, -0.2) is 44.0 Å². The summed E-state index contributed by atoms with van der Waals surface area (Å²) in [5.41, 5.74) is 0.389. The zero-order valence-corrected chi connectivity index (χ0v) is 13.2. The van der Waals surface area contributed by atoms with Gasteiger partial charge in [0, 0.05) is 31.2 Å². The van der Waals surface area contributed by atoms with Crippen LogP contribution in [0.25, 0.3) is 0 Å². The van der Waals surface area contributed by atoms with E-state index in [-0.39, 0.29) is 17.3 Å². The highest BCUT2D eigenvalue weighted by molar-refractivity contribution is 5.75. The summed E-state index contributed by atoms with van der Waals surface area (Å²) < 4.78 is 0. The molecule has 0 aromatic carbocycles. The van der Waals surface area contributed by atoms with E-state index in [9.17, 15) is 14.9 Å². The predicted molar refractivity (Wildman–Crippen MR) is 88.8 cm³/mol. The molecule has 1 saturated heterocycles. The van der Waals surface area contributed by atoms with Gasteiger partial charge in [-0.2, -0.15) is 0 Å². The van der Waals surface area contributed by atoms with E-state index in [2.05, 4.69) is 20.3 Å². The van der Waals surface area contributed by atoms with E-state index >= 15 is 0 Å². The van der Waals surface area contributed by atoms with Gasteiger partial charge in [0.15, 0.2) is 0 Å². The fraction of sp³-hybridized carbons (Fsp3) is 0.333. The topological polar surface area (TPSA) is 134 Å². The Kier molecular flexibility index (Phi) is 4.68. The molecule has 2 aromatic heterocycles. The number of rotatable bonds is 5. The van der Waals surface area contributed by atoms with Crippen molar-refractivity contribution in [2.75, 3.05) is 23.3 Å². The average molecular weight is 344 g/mol. The van der Waals surface area contributed by atoms with Crippen molar-refractivity contribution < 1.29 is 14.8 Å². The Bertz CT molecular complexity index is 777. The molecule has 2 N–H and O–H groups in total. The van der Waals surface area contributed by atoms with Crippen LogP contribution in [-0.2, 0) is 4.79 Å². The number of piperidine rings is 1. The Morgan fingerprint density at radius 2 is 1.96 bits per heavy atom. The lowest BCUT2D eigenvalue weighted by Gasteiger charge is -2.30. The zero-order valence-electron chi connectivity index (χ0n) is 13.2. The molecule has 0 unspecified atom stereocenters. The molecule has 0 spiro atoms. The number of nitro groups is 1. The van der Waals surface area contributed by atoms with Crippen LogP contribution in [0.1, 0.15) is 12.8 Å². The number of carboxylic acid groups (broad SMARTS) is 1. The standard InChI is InChI=1S/C15H16N6O4/c22-15(23)10-3-7-20(8-4-10)14-12(21(24)25)13(17-9-18-14)19-11-1-5-16-6-2-11/h1-2,5-6,9-10H,3-4,7-8H2,(H,22,23)(H,16,17,18,19). The molecule has 1 fully saturated rings. The van der Waals surface area contributed by atoms with Crippen LogP contribution in [0, 0.1) is 16.0 Å². The largest absolute Gasteiger partial charge is 0.481 e. The van der Waals surface area contributed by atoms with E-state index in [0.717, 1.165) is 0 Å². The Balaban J connectivity index is 1.88. The van der Waals surface area contributed by atoms with Crippen molar-refractivity contribution in [1.82, 2.24) is 15.0 Å². The first-order valence-electron chi connectivity index (χ1n) is 7.70. The number of hydrogen-bond acceptors (Lipinski definition) is 8. The van der Waals surface area contributed by atoms with Gasteiger partial charge in [0.25, 0.3) is 0 Å². The normalized spacial score (nSPS) is 15.0. The molecule has 25 heavy (non-hydrogen) atoms. The molecule has 1 aliphatic rings. The zero-order chi connectivity index (χ0) is 17.8. The quantitative estimate of drug-likeness (QED) is 0.615. The Labute approximate surface area is 142 Å². The van der Waals surface area contributed by atoms with E-state index in [1.54, 1.807) is 29.4 Å². The van der Waals surface area contributed by atoms with Crippen LogP contribution in [0.15, 0.2) is 30.9 Å². The van der Waals surface area contributed by atoms with Gasteiger partial charge in [0.05, 0.1) is 10.8 Å². The maximum atomic E-state index is 11.6. The minimum absolute atomic E-state index is 0.0848. The van der Waals surface area contributed by atoms with Crippen LogP contribution in [0.2, 0.25) is 0 Å². The molecular weight excluding hydrogens is 328 g/mol. The summed E-state index contributed by atoms with van der Waals surface area (Å²) in [6, 6.07) is 3.34. The first-order valence-corrected chi connectivity index (χ1v) is 7.70. The summed E-state index contributed by atoms with van der Waals surface area (Å²) in [5, 5.41) is 23.6. The van der Waals surface area contributed by atoms with E-state index in [1.807, 2.05) is 0 Å². The Morgan fingerprint density at radius 1 is 1.28 bits per heavy atom. The second-order valence-corrected chi connectivity index (χ2v) is 5.61. The molecule has 3 heterocycles. The number of carboxylic acids is 1. The lowest BCUT2D eigenvalue weighted by molar-refractivity contribution is -0.383. The van der Waals surface area contributed by atoms with Crippen molar-refractivity contribution in [3.63, 3.8) is 0 Å². The molecular formula is C15H16N6O4. The van der Waals surface area contributed by atoms with Crippen molar-refractivity contribution >= 4 is 29.0 Å². The minimum Gasteiger partial charge on any atom is -0.481 e. The van der Waals surface area contributed by atoms with Crippen molar-refractivity contribution in [2.45, 2.75) is 12.8 Å². The number of hydrogen-bond donors (Lipinski definition) is 2. The molecule has 3 rings (SSSR count). The molecule has 2 aromatic rings. The van der Waals surface area contributed by atoms with Gasteiger partial charge >= 0.3 is 11.7 Å². The highest BCUT2D eigenvalue weighted by atomic mass is 16.6. The second-order valence-electron chi connectivity index (χ2n) is 5.61. The van der Waals surface area contributed by atoms with Crippen LogP contribution in [0.3, 0.4) is 0 Å². The highest BCUT2D eigenvalue weighted by Crippen LogP contribution is 2.35. The van der Waals surface area contributed by atoms with Gasteiger partial charge in [-0.05, 0) is 25.0 Å². The monoisotopic (exact) mass is 344 g/mol. The first kappa shape index (κ1) is 16.6. The van der Waals surface area contributed by atoms with Crippen LogP contribution in [0.5, 0.6) is 0 Å². The number of anilines is 3. The van der Waals surface area contributed by atoms with Gasteiger partial charge in [-0.15, -0.1) is 0 Å². The van der Waals surface area contributed by atoms with Gasteiger partial charge in [0.2, 0.25) is 11.6 Å². The van der Waals surface area contributed by atoms with Gasteiger partial charge in [-0.25, -0.2) is 9.97 Å². The maximum absolute atomic E-state index is 11.6. The van der Waals surface area contributed by atoms with E-state index in [0.29, 0.717) is 31.6 Å². The van der Waals surface area contributed by atoms with Crippen LogP contribution >= 0.6 is 0 Å². The van der Waals surface area contributed by atoms with E-state index in [1.165, 1.54) is 6.33 Å². The molecule has 130 valence electrons. The lowest BCUT2D eigenvalue weighted by atomic mass is 9.97. The molecule has 0 radical (unpaired) electrons. The van der Waals surface area contributed by atoms with Crippen molar-refractivity contribution in [1.29, 1.82) is 0 Å². The second kappa shape index (κ2) is 7.07. The summed E-state index contributed by atoms with van der Waals surface area (Å²) in [4.78, 5) is 35.8. The number of nitrogens with one attached hydrogen (secondary N) is 1. The molecule has 10 nitrogen and oxygen atoms in total. The number of aromatic nitrogens is 3. The SMILES string of the molecule is O=C(O)C1CCN(c2ncnc(Nc3ccncc3)c2[N+](=O)[O-])CC1. The smallest absolute Gasteiger partial charge is 0.353 e. The predicted octanol–water partition coefficient (Wildman–Crippen LogP) is 1.82. The highest BCUT2D eigenvalue weighted by Gasteiger charge is 2.31. The fourth-order valence-electron chi connectivity index (χ4n) is 2.77. The van der Waals surface area contributed by atoms with E-state index < -0.39 is 16.8 Å². The number of carbonyl (C=O) groups is 1. The summed E-state index contributed by atoms with van der Waals surface area (Å²) >= 11 is 0. The number of aliphatic carboxylic acids is 1. The summed E-state index contributed by atoms with van der Waals surface area (Å²) in [6.07, 6.45) is 5.22. The van der Waals surface area contributed by atoms with Gasteiger partial charge < -0.3 is 15.3 Å². The lowest BCUT2D eigenvalue weighted by Crippen LogP contribution is -2.37. The molecule has 10 heteroatoms. The fourth-order valence-corrected chi connectivity index (χ4v) is 2.77. The molecule has 0 saturated carbocycles. The number of pyridine rings is 1. The van der Waals surface area contributed by atoms with Crippen molar-refractivity contribution in [3.05, 3.63) is 41.0 Å². The maximum Gasteiger partial charge on any atom is 0.353 e. The third kappa shape index (κ3) is 3.62. The molecule has 0 amide bonds. The third-order valence-electron chi connectivity index (χ3n) is 4.07. The molecule has 0 aliphatic carbocycles. The van der Waals surface area contributed by atoms with Crippen LogP contribution < -0.4 is 10.2 Å². The van der Waals surface area contributed by atoms with Gasteiger partial charge in [-0.3, -0.25) is 19.9 Å². The average Bonchev–Trinajstić information content (AvgIpc) is 2.62. The molecule has 0 bridgehead atoms. The van der Waals surface area contributed by atoms with E-state index in [4.69, 9.17) is 5.11 Å². The first-order chi connectivity index (χ1) is 12.1. The summed E-state index contributed by atoms with van der Waals surface area (Å²) in [6.45, 7) is 0.785. The number of nitrogens with zero attached hydrogens (tertiary/aromatic N) is 5. The van der Waals surface area contributed by atoms with Gasteiger partial charge in [-0.1, -0.05) is 0 Å². The summed E-state index contributed by atoms with van der Waals surface area (Å²) in [5.74, 6) is -0.981. The van der Waals surface area contributed by atoms with Crippen LogP contribution in [0.4, 0.5) is 23.0 Å². The Hall–Kier alpha value is -3.30. The van der Waals surface area contributed by atoms with Crippen molar-refractivity contribution in [2.24, 2.45) is 5.92 Å². The van der Waals surface area contributed by atoms with Gasteiger partial charge in [0.1, 0.15) is 6.33 Å². The van der Waals surface area contributed by atoms with Crippen molar-refractivity contribution in [3.8, 4) is 0 Å². The third-order valence-corrected chi connectivity index (χ3v) is 4.07. The molecule has 1 aliphatic heterocycles. The molecule has 0 atom stereocenters. The minimum atomic E-state index is -0.836. The Morgan fingerprint density at radius 3 is 2.56 bits per heavy atom. The summed E-state index contributed by atoms with van der Waals surface area (Å²) in [7, 11) is 0.